The Hall–Kier alpha value is -4.15. The van der Waals surface area contributed by atoms with E-state index in [1.807, 2.05) is 6.92 Å². The molecule has 0 fully saturated rings. The Bertz CT molecular complexity index is 1440. The minimum Gasteiger partial charge on any atom is -0.444 e. The molecule has 0 saturated heterocycles. The van der Waals surface area contributed by atoms with Gasteiger partial charge in [-0.05, 0) is 58.4 Å². The first-order valence-corrected chi connectivity index (χ1v) is 14.4. The van der Waals surface area contributed by atoms with Crippen molar-refractivity contribution in [2.75, 3.05) is 25.0 Å². The summed E-state index contributed by atoms with van der Waals surface area (Å²) in [5.74, 6) is -0.294. The monoisotopic (exact) mass is 651 g/mol. The predicted molar refractivity (Wildman–Crippen MR) is 164 cm³/mol. The minimum atomic E-state index is -3.01. The van der Waals surface area contributed by atoms with Gasteiger partial charge in [-0.15, -0.1) is 4.99 Å². The molecule has 3 rings (SSSR count). The third kappa shape index (κ3) is 9.96. The van der Waals surface area contributed by atoms with Gasteiger partial charge in [-0.2, -0.15) is 19.1 Å². The van der Waals surface area contributed by atoms with Crippen LogP contribution in [0.25, 0.3) is 0 Å². The third-order valence-corrected chi connectivity index (χ3v) is 6.83. The lowest BCUT2D eigenvalue weighted by molar-refractivity contribution is -0.132. The average molecular weight is 653 g/mol. The lowest BCUT2D eigenvalue weighted by Gasteiger charge is -2.29. The molecule has 0 aliphatic carbocycles. The molecule has 0 bridgehead atoms. The molecule has 1 heterocycles. The van der Waals surface area contributed by atoms with Gasteiger partial charge in [0.25, 0.3) is 0 Å². The molecule has 15 heteroatoms. The first-order chi connectivity index (χ1) is 20.8. The van der Waals surface area contributed by atoms with E-state index in [-0.39, 0.29) is 42.1 Å². The van der Waals surface area contributed by atoms with Gasteiger partial charge in [0.1, 0.15) is 11.4 Å². The van der Waals surface area contributed by atoms with Crippen molar-refractivity contribution < 1.29 is 27.8 Å². The van der Waals surface area contributed by atoms with Crippen LogP contribution in [0.5, 0.6) is 5.75 Å². The number of anilines is 1. The summed E-state index contributed by atoms with van der Waals surface area (Å²) in [6.07, 6.45) is 1.65. The number of carbonyl (C=O) groups excluding carboxylic acids is 2. The molecule has 0 saturated carbocycles. The van der Waals surface area contributed by atoms with Crippen molar-refractivity contribution in [1.82, 2.24) is 15.2 Å². The maximum atomic E-state index is 13.4. The molecule has 2 N–H and O–H groups in total. The molecule has 1 atom stereocenters. The highest BCUT2D eigenvalue weighted by molar-refractivity contribution is 6.42. The highest BCUT2D eigenvalue weighted by Crippen LogP contribution is 2.28. The van der Waals surface area contributed by atoms with Crippen molar-refractivity contribution in [1.29, 1.82) is 5.26 Å². The van der Waals surface area contributed by atoms with E-state index in [2.05, 4.69) is 25.5 Å². The van der Waals surface area contributed by atoms with Gasteiger partial charge in [0.2, 0.25) is 18.1 Å². The molecule has 236 valence electrons. The summed E-state index contributed by atoms with van der Waals surface area (Å²) in [5.41, 5.74) is 0.729. The van der Waals surface area contributed by atoms with E-state index in [9.17, 15) is 23.6 Å². The Morgan fingerprint density at radius 1 is 1.23 bits per heavy atom. The maximum absolute atomic E-state index is 13.4. The number of rotatable bonds is 10. The Kier molecular flexibility index (Phi) is 12.1. The zero-order valence-corrected chi connectivity index (χ0v) is 26.1. The van der Waals surface area contributed by atoms with E-state index in [0.717, 1.165) is 0 Å². The van der Waals surface area contributed by atoms with Gasteiger partial charge >= 0.3 is 12.7 Å². The normalized spacial score (nSPS) is 15.0. The molecular weight excluding hydrogens is 619 g/mol. The zero-order valence-electron chi connectivity index (χ0n) is 24.6. The fourth-order valence-electron chi connectivity index (χ4n) is 4.31. The standard InChI is InChI=1S/C29H33Cl2F2N7O4/c1-5-39(24(41)10-7-13-35-28(42)44-29(2,3)4)23-16-40(38-25(23)18-11-12-21(30)22(31)14-18)27(36-17-34)37-19-8-6-9-20(15-19)43-26(32)33/h6,8-9,11-12,14-15,23,26H,5,7,10,13,16H2,1-4H3,(H,35,42)(H,36,37). The van der Waals surface area contributed by atoms with Crippen molar-refractivity contribution in [3.8, 4) is 11.9 Å². The van der Waals surface area contributed by atoms with Crippen LogP contribution in [-0.4, -0.2) is 71.5 Å². The summed E-state index contributed by atoms with van der Waals surface area (Å²) >= 11 is 12.4. The molecule has 0 aromatic heterocycles. The Morgan fingerprint density at radius 2 is 1.98 bits per heavy atom. The molecule has 44 heavy (non-hydrogen) atoms. The fourth-order valence-corrected chi connectivity index (χ4v) is 4.61. The second-order valence-corrected chi connectivity index (χ2v) is 11.3. The van der Waals surface area contributed by atoms with Crippen LogP contribution >= 0.6 is 23.2 Å². The second kappa shape index (κ2) is 15.5. The van der Waals surface area contributed by atoms with Crippen LogP contribution in [0.2, 0.25) is 10.0 Å². The number of amides is 2. The topological polar surface area (TPSA) is 132 Å². The zero-order chi connectivity index (χ0) is 32.4. The van der Waals surface area contributed by atoms with E-state index in [1.54, 1.807) is 56.1 Å². The second-order valence-electron chi connectivity index (χ2n) is 10.5. The molecule has 2 amide bonds. The number of aliphatic imine (C=N–C) groups is 1. The molecule has 2 aromatic carbocycles. The summed E-state index contributed by atoms with van der Waals surface area (Å²) in [5, 5.41) is 21.7. The number of ether oxygens (including phenoxy) is 2. The van der Waals surface area contributed by atoms with E-state index in [1.165, 1.54) is 23.2 Å². The average Bonchev–Trinajstić information content (AvgIpc) is 3.36. The number of alkyl halides is 2. The minimum absolute atomic E-state index is 0.00757. The number of hydrazone groups is 1. The molecule has 0 spiro atoms. The van der Waals surface area contributed by atoms with E-state index < -0.39 is 24.3 Å². The van der Waals surface area contributed by atoms with Crippen molar-refractivity contribution in [3.63, 3.8) is 0 Å². The lowest BCUT2D eigenvalue weighted by atomic mass is 10.0. The number of hydrogen-bond acceptors (Lipinski definition) is 7. The van der Waals surface area contributed by atoms with Gasteiger partial charge in [-0.1, -0.05) is 35.3 Å². The summed E-state index contributed by atoms with van der Waals surface area (Å²) in [6.45, 7) is 4.75. The first kappa shape index (κ1) is 34.3. The first-order valence-electron chi connectivity index (χ1n) is 13.7. The largest absolute Gasteiger partial charge is 0.444 e. The van der Waals surface area contributed by atoms with Crippen LogP contribution in [0.1, 0.15) is 46.1 Å². The summed E-state index contributed by atoms with van der Waals surface area (Å²) < 4.78 is 35.2. The molecule has 1 aliphatic heterocycles. The van der Waals surface area contributed by atoms with Gasteiger partial charge in [-0.25, -0.2) is 9.80 Å². The number of guanidine groups is 1. The number of nitrogens with one attached hydrogen (secondary N) is 2. The highest BCUT2D eigenvalue weighted by atomic mass is 35.5. The number of likely N-dealkylation sites (N-methyl/N-ethyl adjacent to an activating group) is 1. The molecule has 1 unspecified atom stereocenters. The van der Waals surface area contributed by atoms with Crippen molar-refractivity contribution in [2.24, 2.45) is 10.1 Å². The van der Waals surface area contributed by atoms with Crippen LogP contribution in [-0.2, 0) is 9.53 Å². The number of nitriles is 1. The van der Waals surface area contributed by atoms with Crippen molar-refractivity contribution in [3.05, 3.63) is 58.1 Å². The summed E-state index contributed by atoms with van der Waals surface area (Å²) in [4.78, 5) is 30.9. The molecule has 11 nitrogen and oxygen atoms in total. The van der Waals surface area contributed by atoms with Crippen LogP contribution in [0.3, 0.4) is 0 Å². The van der Waals surface area contributed by atoms with Gasteiger partial charge in [-0.3, -0.25) is 4.79 Å². The highest BCUT2D eigenvalue weighted by Gasteiger charge is 2.36. The lowest BCUT2D eigenvalue weighted by Crippen LogP contribution is -2.47. The van der Waals surface area contributed by atoms with Crippen LogP contribution < -0.4 is 15.4 Å². The molecule has 2 aromatic rings. The quantitative estimate of drug-likeness (QED) is 0.138. The molecular formula is C29H33Cl2F2N7O4. The number of alkyl carbamates (subject to hydrolysis) is 1. The van der Waals surface area contributed by atoms with Gasteiger partial charge < -0.3 is 25.0 Å². The van der Waals surface area contributed by atoms with E-state index in [0.29, 0.717) is 35.0 Å². The molecule has 1 aliphatic rings. The van der Waals surface area contributed by atoms with Crippen LogP contribution in [0, 0.1) is 11.5 Å². The van der Waals surface area contributed by atoms with Crippen LogP contribution in [0.4, 0.5) is 19.3 Å². The van der Waals surface area contributed by atoms with Gasteiger partial charge in [0.15, 0.2) is 0 Å². The van der Waals surface area contributed by atoms with Crippen molar-refractivity contribution in [2.45, 2.75) is 58.8 Å². The Morgan fingerprint density at radius 3 is 2.61 bits per heavy atom. The number of benzene rings is 2. The third-order valence-electron chi connectivity index (χ3n) is 6.09. The molecule has 0 radical (unpaired) electrons. The van der Waals surface area contributed by atoms with E-state index in [4.69, 9.17) is 27.9 Å². The predicted octanol–water partition coefficient (Wildman–Crippen LogP) is 6.09. The Labute approximate surface area is 264 Å². The number of hydrogen-bond donors (Lipinski definition) is 2. The maximum Gasteiger partial charge on any atom is 0.407 e. The van der Waals surface area contributed by atoms with Crippen LogP contribution in [0.15, 0.2) is 52.6 Å². The number of halogens is 4. The van der Waals surface area contributed by atoms with E-state index >= 15 is 0 Å². The Balaban J connectivity index is 1.84. The smallest absolute Gasteiger partial charge is 0.407 e. The SMILES string of the molecule is CCN(C(=O)CCCNC(=O)OC(C)(C)C)C1CN(/C(=N\C#N)Nc2cccc(OC(F)F)c2)N=C1c1ccc(Cl)c(Cl)c1. The fraction of sp³-hybridized carbons (Fsp3) is 0.414. The number of carbonyl (C=O) groups is 2. The van der Waals surface area contributed by atoms with Crippen molar-refractivity contribution >= 4 is 52.6 Å². The summed E-state index contributed by atoms with van der Waals surface area (Å²) in [7, 11) is 0. The summed E-state index contributed by atoms with van der Waals surface area (Å²) in [6, 6.07) is 10.1. The number of nitrogens with zero attached hydrogens (tertiary/aromatic N) is 5. The van der Waals surface area contributed by atoms with Gasteiger partial charge in [0, 0.05) is 36.8 Å². The van der Waals surface area contributed by atoms with Gasteiger partial charge in [0.05, 0.1) is 28.3 Å².